The van der Waals surface area contributed by atoms with Crippen LogP contribution in [0.5, 0.6) is 0 Å². The van der Waals surface area contributed by atoms with Gasteiger partial charge >= 0.3 is 6.03 Å². The lowest BCUT2D eigenvalue weighted by molar-refractivity contribution is -0.127. The van der Waals surface area contributed by atoms with Crippen molar-refractivity contribution in [2.75, 3.05) is 6.54 Å². The summed E-state index contributed by atoms with van der Waals surface area (Å²) in [4.78, 5) is 24.4. The fraction of sp³-hybridized carbons (Fsp3) is 0.857. The zero-order chi connectivity index (χ0) is 17.6. The van der Waals surface area contributed by atoms with Gasteiger partial charge in [0.15, 0.2) is 14.5 Å². The van der Waals surface area contributed by atoms with E-state index >= 15 is 0 Å². The number of rotatable bonds is 3. The maximum atomic E-state index is 13.6. The van der Waals surface area contributed by atoms with Gasteiger partial charge in [-0.25, -0.2) is 9.18 Å². The number of hydrogen-bond donors (Lipinski definition) is 2. The fourth-order valence-corrected chi connectivity index (χ4v) is 5.05. The number of alkyl halides is 1. The molecule has 2 heterocycles. The molecule has 0 saturated carbocycles. The van der Waals surface area contributed by atoms with Gasteiger partial charge in [-0.3, -0.25) is 10.1 Å². The monoisotopic (exact) mass is 364 g/mol. The molecular weight excluding hydrogens is 339 g/mol. The first kappa shape index (κ1) is 18.7. The lowest BCUT2D eigenvalue weighted by Crippen LogP contribution is -2.57. The summed E-state index contributed by atoms with van der Waals surface area (Å²) >= 11 is 1.18. The molecule has 0 aromatic rings. The third kappa shape index (κ3) is 3.89. The molecule has 0 aromatic heterocycles. The molecule has 1 unspecified atom stereocenters. The number of amides is 3. The maximum Gasteiger partial charge on any atom is 0.325 e. The summed E-state index contributed by atoms with van der Waals surface area (Å²) in [5, 5.41) is 11.9. The summed E-state index contributed by atoms with van der Waals surface area (Å²) in [5.74, 6) is -0.899. The van der Waals surface area contributed by atoms with E-state index in [0.29, 0.717) is 6.42 Å². The fourth-order valence-electron chi connectivity index (χ4n) is 2.32. The molecule has 0 aromatic carbocycles. The Balaban J connectivity index is 2.04. The number of halogens is 1. The van der Waals surface area contributed by atoms with Crippen LogP contribution in [0.25, 0.3) is 0 Å². The molecule has 0 bridgehead atoms. The number of thioether (sulfide) groups is 1. The van der Waals surface area contributed by atoms with Crippen molar-refractivity contribution in [3.63, 3.8) is 0 Å². The highest BCUT2D eigenvalue weighted by Gasteiger charge is 2.47. The van der Waals surface area contributed by atoms with Crippen LogP contribution in [0.3, 0.4) is 0 Å². The van der Waals surface area contributed by atoms with Gasteiger partial charge in [-0.05, 0) is 18.1 Å². The molecule has 3 amide bonds. The van der Waals surface area contributed by atoms with Gasteiger partial charge in [-0.15, -0.1) is 11.8 Å². The zero-order valence-corrected chi connectivity index (χ0v) is 15.9. The van der Waals surface area contributed by atoms with E-state index in [1.54, 1.807) is 0 Å². The number of aliphatic hydroxyl groups is 1. The maximum absolute atomic E-state index is 13.6. The molecule has 2 fully saturated rings. The Kier molecular flexibility index (Phi) is 5.15. The van der Waals surface area contributed by atoms with Gasteiger partial charge in [0.1, 0.15) is 5.44 Å². The van der Waals surface area contributed by atoms with Gasteiger partial charge in [0.25, 0.3) is 5.91 Å². The van der Waals surface area contributed by atoms with Crippen molar-refractivity contribution >= 4 is 32.0 Å². The number of urea groups is 1. The lowest BCUT2D eigenvalue weighted by Gasteiger charge is -2.39. The van der Waals surface area contributed by atoms with Gasteiger partial charge in [-0.1, -0.05) is 20.8 Å². The molecule has 4 atom stereocenters. The minimum Gasteiger partial charge on any atom is -0.410 e. The molecule has 23 heavy (non-hydrogen) atoms. The van der Waals surface area contributed by atoms with Crippen LogP contribution in [-0.2, 0) is 9.22 Å². The Morgan fingerprint density at radius 3 is 2.57 bits per heavy atom. The number of aliphatic hydroxyl groups excluding tert-OH is 1. The average Bonchev–Trinajstić information content (AvgIpc) is 2.73. The Morgan fingerprint density at radius 1 is 1.39 bits per heavy atom. The summed E-state index contributed by atoms with van der Waals surface area (Å²) < 4.78 is 19.8. The first-order valence-electron chi connectivity index (χ1n) is 7.69. The zero-order valence-electron chi connectivity index (χ0n) is 14.1. The van der Waals surface area contributed by atoms with Crippen LogP contribution in [0.4, 0.5) is 9.18 Å². The minimum atomic E-state index is -2.05. The van der Waals surface area contributed by atoms with Crippen molar-refractivity contribution in [2.24, 2.45) is 0 Å². The Morgan fingerprint density at radius 2 is 2.00 bits per heavy atom. The second kappa shape index (κ2) is 6.34. The molecule has 2 rings (SSSR count). The third-order valence-corrected chi connectivity index (χ3v) is 10.6. The lowest BCUT2D eigenvalue weighted by atomic mass is 10.2. The van der Waals surface area contributed by atoms with Crippen molar-refractivity contribution in [1.82, 2.24) is 10.2 Å². The summed E-state index contributed by atoms with van der Waals surface area (Å²) in [6.07, 6.45) is -1.70. The standard InChI is InChI=1S/C14H25FN2O4SSi/c1-14(2,3)23(4,5)21-9-6-10(22-12(9)19)17-7-8(15)11(18)16-13(17)20/h8-10,12,19H,6-7H2,1-5H3,(H,16,18,20)/t8?,9-,10+,12-/m0/s1. The predicted molar refractivity (Wildman–Crippen MR) is 89.2 cm³/mol. The van der Waals surface area contributed by atoms with Crippen LogP contribution in [0.1, 0.15) is 27.2 Å². The first-order chi connectivity index (χ1) is 10.4. The molecule has 2 aliphatic heterocycles. The van der Waals surface area contributed by atoms with Gasteiger partial charge < -0.3 is 14.4 Å². The molecule has 6 nitrogen and oxygen atoms in total. The molecule has 2 saturated heterocycles. The van der Waals surface area contributed by atoms with Crippen LogP contribution in [0.15, 0.2) is 0 Å². The average molecular weight is 365 g/mol. The Hall–Kier alpha value is -0.643. The van der Waals surface area contributed by atoms with Gasteiger partial charge in [0.2, 0.25) is 0 Å². The van der Waals surface area contributed by atoms with Crippen molar-refractivity contribution in [1.29, 1.82) is 0 Å². The second-order valence-electron chi connectivity index (χ2n) is 7.55. The van der Waals surface area contributed by atoms with Crippen LogP contribution in [0.2, 0.25) is 18.1 Å². The van der Waals surface area contributed by atoms with E-state index < -0.39 is 43.3 Å². The van der Waals surface area contributed by atoms with Crippen LogP contribution in [0, 0.1) is 0 Å². The molecule has 132 valence electrons. The summed E-state index contributed by atoms with van der Waals surface area (Å²) in [7, 11) is -2.05. The topological polar surface area (TPSA) is 78.9 Å². The number of carbonyl (C=O) groups excluding carboxylic acids is 2. The highest BCUT2D eigenvalue weighted by atomic mass is 32.2. The van der Waals surface area contributed by atoms with E-state index in [1.807, 2.05) is 5.32 Å². The van der Waals surface area contributed by atoms with Gasteiger partial charge in [0.05, 0.1) is 18.0 Å². The number of hydrogen-bond acceptors (Lipinski definition) is 5. The highest BCUT2D eigenvalue weighted by molar-refractivity contribution is 8.00. The smallest absolute Gasteiger partial charge is 0.325 e. The van der Waals surface area contributed by atoms with Crippen molar-refractivity contribution in [3.05, 3.63) is 0 Å². The molecule has 2 N–H and O–H groups in total. The molecule has 2 aliphatic rings. The van der Waals surface area contributed by atoms with E-state index in [1.165, 1.54) is 16.7 Å². The van der Waals surface area contributed by atoms with Crippen LogP contribution < -0.4 is 5.32 Å². The molecular formula is C14H25FN2O4SSi. The van der Waals surface area contributed by atoms with E-state index in [2.05, 4.69) is 33.9 Å². The second-order valence-corrected chi connectivity index (χ2v) is 13.6. The van der Waals surface area contributed by atoms with Crippen LogP contribution >= 0.6 is 11.8 Å². The van der Waals surface area contributed by atoms with E-state index in [4.69, 9.17) is 4.43 Å². The normalized spacial score (nSPS) is 33.1. The molecule has 0 spiro atoms. The predicted octanol–water partition coefficient (Wildman–Crippen LogP) is 2.05. The van der Waals surface area contributed by atoms with Crippen molar-refractivity contribution in [3.8, 4) is 0 Å². The SMILES string of the molecule is CC(C)(C)[Si](C)(C)O[C@H]1C[C@H](N2CC(F)C(=O)NC2=O)S[C@@H]1O. The number of carbonyl (C=O) groups is 2. The third-order valence-electron chi connectivity index (χ3n) is 4.78. The van der Waals surface area contributed by atoms with Crippen molar-refractivity contribution < 1.29 is 23.5 Å². The van der Waals surface area contributed by atoms with Crippen molar-refractivity contribution in [2.45, 2.75) is 68.4 Å². The minimum absolute atomic E-state index is 0.00836. The van der Waals surface area contributed by atoms with Gasteiger partial charge in [-0.2, -0.15) is 0 Å². The molecule has 0 aliphatic carbocycles. The summed E-state index contributed by atoms with van der Waals surface area (Å²) in [6, 6.07) is -0.610. The van der Waals surface area contributed by atoms with E-state index in [9.17, 15) is 19.1 Å². The quantitative estimate of drug-likeness (QED) is 0.750. The molecule has 0 radical (unpaired) electrons. The Bertz CT molecular complexity index is 500. The van der Waals surface area contributed by atoms with E-state index in [-0.39, 0.29) is 11.6 Å². The largest absolute Gasteiger partial charge is 0.410 e. The highest BCUT2D eigenvalue weighted by Crippen LogP contribution is 2.43. The van der Waals surface area contributed by atoms with Gasteiger partial charge in [0, 0.05) is 6.42 Å². The van der Waals surface area contributed by atoms with E-state index in [0.717, 1.165) is 0 Å². The Labute approximate surface area is 141 Å². The number of imide groups is 1. The number of nitrogens with one attached hydrogen (secondary N) is 1. The first-order valence-corrected chi connectivity index (χ1v) is 11.5. The van der Waals surface area contributed by atoms with Crippen LogP contribution in [-0.4, -0.2) is 59.9 Å². The number of nitrogens with zero attached hydrogens (tertiary/aromatic N) is 1. The molecule has 9 heteroatoms. The summed E-state index contributed by atoms with van der Waals surface area (Å²) in [5.41, 5.74) is -0.766. The summed E-state index contributed by atoms with van der Waals surface area (Å²) in [6.45, 7) is 10.3.